The maximum atomic E-state index is 14.3. The van der Waals surface area contributed by atoms with E-state index in [9.17, 15) is 4.39 Å². The van der Waals surface area contributed by atoms with Crippen molar-refractivity contribution in [3.8, 4) is 0 Å². The highest BCUT2D eigenvalue weighted by Crippen LogP contribution is 2.34. The molecule has 0 saturated carbocycles. The number of rotatable bonds is 5. The number of methoxy groups -OCH3 is 1. The van der Waals surface area contributed by atoms with Crippen molar-refractivity contribution in [1.82, 2.24) is 5.32 Å². The highest BCUT2D eigenvalue weighted by molar-refractivity contribution is 5.35. The molecule has 102 valence electrons. The molecule has 0 aromatic heterocycles. The Kier molecular flexibility index (Phi) is 4.88. The van der Waals surface area contributed by atoms with Crippen LogP contribution in [0, 0.1) is 19.7 Å². The van der Waals surface area contributed by atoms with Gasteiger partial charge in [-0.3, -0.25) is 0 Å². The van der Waals surface area contributed by atoms with E-state index in [4.69, 9.17) is 4.74 Å². The smallest absolute Gasteiger partial charge is 0.128 e. The number of likely N-dealkylation sites (N-methyl/N-ethyl adjacent to an activating group) is 1. The summed E-state index contributed by atoms with van der Waals surface area (Å²) in [5.41, 5.74) is 2.19. The monoisotopic (exact) mass is 253 g/mol. The van der Waals surface area contributed by atoms with Gasteiger partial charge in [-0.05, 0) is 51.4 Å². The molecule has 1 rings (SSSR count). The molecule has 1 aromatic carbocycles. The zero-order chi connectivity index (χ0) is 13.9. The van der Waals surface area contributed by atoms with E-state index < -0.39 is 5.60 Å². The molecule has 1 aromatic rings. The first-order valence-electron chi connectivity index (χ1n) is 6.38. The number of halogens is 1. The second-order valence-corrected chi connectivity index (χ2v) is 5.07. The summed E-state index contributed by atoms with van der Waals surface area (Å²) in [6.07, 6.45) is 0.807. The van der Waals surface area contributed by atoms with Gasteiger partial charge in [-0.25, -0.2) is 4.39 Å². The number of hydrogen-bond acceptors (Lipinski definition) is 2. The molecule has 0 aliphatic carbocycles. The number of aryl methyl sites for hydroxylation is 2. The van der Waals surface area contributed by atoms with Gasteiger partial charge < -0.3 is 10.1 Å². The summed E-state index contributed by atoms with van der Waals surface area (Å²) in [5.74, 6) is -0.163. The van der Waals surface area contributed by atoms with Crippen LogP contribution in [0.2, 0.25) is 0 Å². The molecule has 0 heterocycles. The SMILES string of the molecule is CCC(C)(OC)C(NC)c1c(C)cc(C)cc1F. The quantitative estimate of drug-likeness (QED) is 0.867. The second-order valence-electron chi connectivity index (χ2n) is 5.07. The molecule has 0 aliphatic heterocycles. The largest absolute Gasteiger partial charge is 0.377 e. The van der Waals surface area contributed by atoms with Crippen LogP contribution in [0.15, 0.2) is 12.1 Å². The van der Waals surface area contributed by atoms with E-state index in [1.165, 1.54) is 0 Å². The Balaban J connectivity index is 3.33. The van der Waals surface area contributed by atoms with E-state index in [1.54, 1.807) is 13.2 Å². The predicted molar refractivity (Wildman–Crippen MR) is 73.4 cm³/mol. The van der Waals surface area contributed by atoms with E-state index >= 15 is 0 Å². The van der Waals surface area contributed by atoms with Gasteiger partial charge in [0, 0.05) is 12.7 Å². The van der Waals surface area contributed by atoms with Gasteiger partial charge in [-0.15, -0.1) is 0 Å². The summed E-state index contributed by atoms with van der Waals surface area (Å²) in [5, 5.41) is 3.20. The molecule has 0 saturated heterocycles. The lowest BCUT2D eigenvalue weighted by atomic mass is 9.85. The Labute approximate surface area is 110 Å². The minimum absolute atomic E-state index is 0.159. The maximum Gasteiger partial charge on any atom is 0.128 e. The van der Waals surface area contributed by atoms with Gasteiger partial charge in [-0.2, -0.15) is 0 Å². The first-order chi connectivity index (χ1) is 8.39. The molecular weight excluding hydrogens is 229 g/mol. The molecule has 2 unspecified atom stereocenters. The molecule has 1 N–H and O–H groups in total. The Hall–Kier alpha value is -0.930. The van der Waals surface area contributed by atoms with Crippen LogP contribution in [-0.2, 0) is 4.74 Å². The van der Waals surface area contributed by atoms with Gasteiger partial charge in [-0.1, -0.05) is 13.0 Å². The van der Waals surface area contributed by atoms with Crippen molar-refractivity contribution < 1.29 is 9.13 Å². The summed E-state index contributed by atoms with van der Waals surface area (Å²) in [7, 11) is 3.52. The molecule has 3 heteroatoms. The van der Waals surface area contributed by atoms with E-state index in [0.29, 0.717) is 5.56 Å². The van der Waals surface area contributed by atoms with E-state index in [1.807, 2.05) is 33.9 Å². The Morgan fingerprint density at radius 3 is 2.39 bits per heavy atom. The van der Waals surface area contributed by atoms with Crippen LogP contribution in [0.3, 0.4) is 0 Å². The van der Waals surface area contributed by atoms with Crippen molar-refractivity contribution in [3.63, 3.8) is 0 Å². The van der Waals surface area contributed by atoms with Gasteiger partial charge in [0.25, 0.3) is 0 Å². The highest BCUT2D eigenvalue weighted by atomic mass is 19.1. The molecular formula is C15H24FNO. The van der Waals surface area contributed by atoms with Gasteiger partial charge in [0.15, 0.2) is 0 Å². The number of ether oxygens (including phenoxy) is 1. The average molecular weight is 253 g/mol. The van der Waals surface area contributed by atoms with Crippen LogP contribution in [0.4, 0.5) is 4.39 Å². The molecule has 0 fully saturated rings. The van der Waals surface area contributed by atoms with Crippen LogP contribution in [0.1, 0.15) is 43.0 Å². The average Bonchev–Trinajstić information content (AvgIpc) is 2.32. The molecule has 0 spiro atoms. The van der Waals surface area contributed by atoms with Gasteiger partial charge >= 0.3 is 0 Å². The summed E-state index contributed by atoms with van der Waals surface area (Å²) >= 11 is 0. The zero-order valence-corrected chi connectivity index (χ0v) is 12.2. The van der Waals surface area contributed by atoms with E-state index in [-0.39, 0.29) is 11.9 Å². The Bertz CT molecular complexity index is 390. The minimum atomic E-state index is -0.421. The van der Waals surface area contributed by atoms with E-state index in [2.05, 4.69) is 12.2 Å². The molecule has 0 aliphatic rings. The fourth-order valence-electron chi connectivity index (χ4n) is 2.51. The fraction of sp³-hybridized carbons (Fsp3) is 0.600. The van der Waals surface area contributed by atoms with Gasteiger partial charge in [0.1, 0.15) is 5.82 Å². The van der Waals surface area contributed by atoms with Crippen LogP contribution < -0.4 is 5.32 Å². The first-order valence-corrected chi connectivity index (χ1v) is 6.38. The summed E-state index contributed by atoms with van der Waals surface area (Å²) < 4.78 is 19.9. The third-order valence-electron chi connectivity index (χ3n) is 3.84. The Morgan fingerprint density at radius 1 is 1.39 bits per heavy atom. The molecule has 0 bridgehead atoms. The maximum absolute atomic E-state index is 14.3. The lowest BCUT2D eigenvalue weighted by Crippen LogP contribution is -2.42. The third kappa shape index (κ3) is 2.73. The summed E-state index contributed by atoms with van der Waals surface area (Å²) in [4.78, 5) is 0. The van der Waals surface area contributed by atoms with Crippen molar-refractivity contribution >= 4 is 0 Å². The molecule has 18 heavy (non-hydrogen) atoms. The van der Waals surface area contributed by atoms with Crippen LogP contribution in [0.25, 0.3) is 0 Å². The second kappa shape index (κ2) is 5.81. The molecule has 2 nitrogen and oxygen atoms in total. The normalized spacial score (nSPS) is 16.4. The van der Waals surface area contributed by atoms with Crippen LogP contribution >= 0.6 is 0 Å². The highest BCUT2D eigenvalue weighted by Gasteiger charge is 2.35. The number of hydrogen-bond donors (Lipinski definition) is 1. The summed E-state index contributed by atoms with van der Waals surface area (Å²) in [6.45, 7) is 7.91. The third-order valence-corrected chi connectivity index (χ3v) is 3.84. The zero-order valence-electron chi connectivity index (χ0n) is 12.2. The van der Waals surface area contributed by atoms with Crippen LogP contribution in [-0.4, -0.2) is 19.8 Å². The van der Waals surface area contributed by atoms with Crippen molar-refractivity contribution in [2.45, 2.75) is 45.8 Å². The van der Waals surface area contributed by atoms with Gasteiger partial charge in [0.2, 0.25) is 0 Å². The van der Waals surface area contributed by atoms with Crippen molar-refractivity contribution in [3.05, 3.63) is 34.6 Å². The predicted octanol–water partition coefficient (Wildman–Crippen LogP) is 3.52. The summed E-state index contributed by atoms with van der Waals surface area (Å²) in [6, 6.07) is 3.43. The van der Waals surface area contributed by atoms with Gasteiger partial charge in [0.05, 0.1) is 11.6 Å². The first kappa shape index (κ1) is 15.1. The van der Waals surface area contributed by atoms with Crippen LogP contribution in [0.5, 0.6) is 0 Å². The lowest BCUT2D eigenvalue weighted by Gasteiger charge is -2.37. The molecule has 0 amide bonds. The standard InChI is InChI=1S/C15H24FNO/c1-7-15(4,18-6)14(17-5)13-11(3)8-10(2)9-12(13)16/h8-9,14,17H,7H2,1-6H3. The van der Waals surface area contributed by atoms with Crippen molar-refractivity contribution in [1.29, 1.82) is 0 Å². The topological polar surface area (TPSA) is 21.3 Å². The number of benzene rings is 1. The van der Waals surface area contributed by atoms with Crippen molar-refractivity contribution in [2.24, 2.45) is 0 Å². The van der Waals surface area contributed by atoms with E-state index in [0.717, 1.165) is 17.5 Å². The van der Waals surface area contributed by atoms with Crippen molar-refractivity contribution in [2.75, 3.05) is 14.2 Å². The Morgan fingerprint density at radius 2 is 2.00 bits per heavy atom. The molecule has 0 radical (unpaired) electrons. The lowest BCUT2D eigenvalue weighted by molar-refractivity contribution is -0.0290. The molecule has 2 atom stereocenters. The fourth-order valence-corrected chi connectivity index (χ4v) is 2.51. The number of nitrogens with one attached hydrogen (secondary N) is 1. The minimum Gasteiger partial charge on any atom is -0.377 e.